The molecule has 0 fully saturated rings. The number of aliphatic hydroxyl groups excluding tert-OH is 2. The fourth-order valence-corrected chi connectivity index (χ4v) is 4.75. The summed E-state index contributed by atoms with van der Waals surface area (Å²) in [6, 6.07) is 5.99. The predicted octanol–water partition coefficient (Wildman–Crippen LogP) is 3.24. The Bertz CT molecular complexity index is 1160. The van der Waals surface area contributed by atoms with E-state index in [-0.39, 0.29) is 13.2 Å². The summed E-state index contributed by atoms with van der Waals surface area (Å²) in [5, 5.41) is 29.0. The summed E-state index contributed by atoms with van der Waals surface area (Å²) >= 11 is 1.66. The van der Waals surface area contributed by atoms with Gasteiger partial charge in [0.15, 0.2) is 0 Å². The highest BCUT2D eigenvalue weighted by Crippen LogP contribution is 2.34. The smallest absolute Gasteiger partial charge is 0.268 e. The molecule has 2 heterocycles. The van der Waals surface area contributed by atoms with Crippen molar-refractivity contribution in [3.8, 4) is 27.9 Å². The van der Waals surface area contributed by atoms with Crippen molar-refractivity contribution in [2.45, 2.75) is 53.7 Å². The van der Waals surface area contributed by atoms with Crippen molar-refractivity contribution >= 4 is 17.2 Å². The molecule has 0 aliphatic rings. The van der Waals surface area contributed by atoms with Crippen molar-refractivity contribution in [1.29, 1.82) is 0 Å². The van der Waals surface area contributed by atoms with Gasteiger partial charge in [-0.25, -0.2) is 0 Å². The number of ether oxygens (including phenoxy) is 1. The number of nitrogens with zero attached hydrogens (tertiary/aromatic N) is 2. The molecular weight excluding hydrogens is 480 g/mol. The van der Waals surface area contributed by atoms with Gasteiger partial charge in [-0.2, -0.15) is 4.98 Å². The number of nitrogens with one attached hydrogen (secondary N) is 2. The van der Waals surface area contributed by atoms with E-state index in [9.17, 15) is 9.90 Å². The zero-order chi connectivity index (χ0) is 26.2. The van der Waals surface area contributed by atoms with Crippen molar-refractivity contribution in [1.82, 2.24) is 20.8 Å². The van der Waals surface area contributed by atoms with Gasteiger partial charge in [0.2, 0.25) is 11.7 Å². The molecule has 36 heavy (non-hydrogen) atoms. The Kier molecular flexibility index (Phi) is 10.0. The number of hydrogen-bond donors (Lipinski definition) is 4. The molecule has 0 saturated carbocycles. The van der Waals surface area contributed by atoms with E-state index >= 15 is 0 Å². The number of aliphatic hydroxyl groups is 2. The lowest BCUT2D eigenvalue weighted by Gasteiger charge is -2.17. The number of aryl methyl sites for hydroxylation is 3. The molecule has 0 bridgehead atoms. The normalized spacial score (nSPS) is 12.2. The van der Waals surface area contributed by atoms with Crippen LogP contribution in [0.5, 0.6) is 5.75 Å². The molecule has 0 spiro atoms. The molecule has 2 aromatic heterocycles. The van der Waals surface area contributed by atoms with E-state index in [1.165, 1.54) is 10.4 Å². The summed E-state index contributed by atoms with van der Waals surface area (Å²) in [6.45, 7) is 11.6. The molecule has 9 nitrogen and oxygen atoms in total. The zero-order valence-electron chi connectivity index (χ0n) is 21.6. The molecule has 0 unspecified atom stereocenters. The summed E-state index contributed by atoms with van der Waals surface area (Å²) in [6.07, 6.45) is -0.188. The van der Waals surface area contributed by atoms with Crippen LogP contribution in [0.1, 0.15) is 42.3 Å². The Morgan fingerprint density at radius 3 is 2.67 bits per heavy atom. The summed E-state index contributed by atoms with van der Waals surface area (Å²) in [5.41, 5.74) is 3.87. The number of hydrogen-bond acceptors (Lipinski definition) is 9. The van der Waals surface area contributed by atoms with E-state index in [0.717, 1.165) is 34.7 Å². The Morgan fingerprint density at radius 1 is 1.19 bits per heavy atom. The van der Waals surface area contributed by atoms with Crippen LogP contribution >= 0.6 is 11.3 Å². The van der Waals surface area contributed by atoms with E-state index in [1.807, 2.05) is 26.0 Å². The van der Waals surface area contributed by atoms with Gasteiger partial charge in [0.1, 0.15) is 25.1 Å². The monoisotopic (exact) mass is 516 g/mol. The van der Waals surface area contributed by atoms with Crippen molar-refractivity contribution in [2.24, 2.45) is 5.92 Å². The first-order chi connectivity index (χ1) is 17.2. The quantitative estimate of drug-likeness (QED) is 0.272. The lowest BCUT2D eigenvalue weighted by molar-refractivity contribution is -0.124. The maximum atomic E-state index is 11.2. The van der Waals surface area contributed by atoms with Gasteiger partial charge in [-0.15, -0.1) is 11.3 Å². The standard InChI is InChI=1S/C26H36N4O5S/c1-6-18-9-19(7-17(5)24(18)34-14-20(32)11-28-23(33)13-31)25-29-26(35-30-25)21-8-16(4)22(36-21)12-27-10-15(2)3/h7-9,15,20,27,31-32H,6,10-14H2,1-5H3,(H,28,33)/t20-/m0/s1. The van der Waals surface area contributed by atoms with Gasteiger partial charge >= 0.3 is 0 Å². The maximum absolute atomic E-state index is 11.2. The second kappa shape index (κ2) is 13.0. The number of thiophene rings is 1. The molecule has 1 aromatic carbocycles. The molecule has 10 heteroatoms. The second-order valence-corrected chi connectivity index (χ2v) is 10.4. The van der Waals surface area contributed by atoms with E-state index < -0.39 is 18.6 Å². The lowest BCUT2D eigenvalue weighted by atomic mass is 10.0. The molecule has 3 aromatic rings. The minimum atomic E-state index is -0.899. The zero-order valence-corrected chi connectivity index (χ0v) is 22.4. The maximum Gasteiger partial charge on any atom is 0.268 e. The number of rotatable bonds is 13. The predicted molar refractivity (Wildman–Crippen MR) is 140 cm³/mol. The largest absolute Gasteiger partial charge is 0.490 e. The molecular formula is C26H36N4O5S. The van der Waals surface area contributed by atoms with E-state index in [0.29, 0.717) is 29.8 Å². The topological polar surface area (TPSA) is 130 Å². The average Bonchev–Trinajstić information content (AvgIpc) is 3.48. The Hall–Kier alpha value is -2.79. The van der Waals surface area contributed by atoms with Crippen molar-refractivity contribution < 1.29 is 24.3 Å². The van der Waals surface area contributed by atoms with Gasteiger partial charge in [-0.1, -0.05) is 25.9 Å². The molecule has 196 valence electrons. The van der Waals surface area contributed by atoms with Crippen LogP contribution in [-0.4, -0.2) is 58.7 Å². The van der Waals surface area contributed by atoms with Crippen molar-refractivity contribution in [3.05, 3.63) is 39.8 Å². The first-order valence-electron chi connectivity index (χ1n) is 12.2. The second-order valence-electron chi connectivity index (χ2n) is 9.23. The van der Waals surface area contributed by atoms with Crippen LogP contribution in [0.4, 0.5) is 0 Å². The SMILES string of the molecule is CCc1cc(-c2noc(-c3cc(C)c(CNCC(C)C)s3)n2)cc(C)c1OC[C@@H](O)CNC(=O)CO. The molecule has 0 aliphatic heterocycles. The first-order valence-corrected chi connectivity index (χ1v) is 13.0. The summed E-state index contributed by atoms with van der Waals surface area (Å²) in [7, 11) is 0. The van der Waals surface area contributed by atoms with Crippen LogP contribution in [-0.2, 0) is 17.8 Å². The molecule has 0 radical (unpaired) electrons. The van der Waals surface area contributed by atoms with Crippen LogP contribution in [0.15, 0.2) is 22.7 Å². The van der Waals surface area contributed by atoms with Gasteiger partial charge in [0.25, 0.3) is 5.89 Å². The first kappa shape index (κ1) is 27.8. The lowest BCUT2D eigenvalue weighted by Crippen LogP contribution is -2.36. The average molecular weight is 517 g/mol. The number of benzene rings is 1. The van der Waals surface area contributed by atoms with E-state index in [1.54, 1.807) is 11.3 Å². The fraction of sp³-hybridized carbons (Fsp3) is 0.500. The van der Waals surface area contributed by atoms with Crippen LogP contribution in [0.2, 0.25) is 0 Å². The van der Waals surface area contributed by atoms with Gasteiger partial charge in [0.05, 0.1) is 4.88 Å². The Morgan fingerprint density at radius 2 is 1.97 bits per heavy atom. The number of carbonyl (C=O) groups is 1. The van der Waals surface area contributed by atoms with Gasteiger partial charge < -0.3 is 30.1 Å². The highest BCUT2D eigenvalue weighted by Gasteiger charge is 2.18. The Labute approximate surface area is 215 Å². The molecule has 0 aliphatic carbocycles. The summed E-state index contributed by atoms with van der Waals surface area (Å²) < 4.78 is 11.5. The van der Waals surface area contributed by atoms with Crippen molar-refractivity contribution in [2.75, 3.05) is 26.3 Å². The number of aromatic nitrogens is 2. The molecule has 0 saturated heterocycles. The van der Waals surface area contributed by atoms with Crippen LogP contribution in [0, 0.1) is 19.8 Å². The van der Waals surface area contributed by atoms with E-state index in [2.05, 4.69) is 47.6 Å². The van der Waals surface area contributed by atoms with Gasteiger partial charge in [0, 0.05) is 23.5 Å². The van der Waals surface area contributed by atoms with Crippen LogP contribution in [0.3, 0.4) is 0 Å². The molecule has 4 N–H and O–H groups in total. The highest BCUT2D eigenvalue weighted by atomic mass is 32.1. The third-order valence-electron chi connectivity index (χ3n) is 5.58. The summed E-state index contributed by atoms with van der Waals surface area (Å²) in [4.78, 5) is 18.0. The Balaban J connectivity index is 1.72. The van der Waals surface area contributed by atoms with Gasteiger partial charge in [-0.05, 0) is 67.6 Å². The molecule has 3 rings (SSSR count). The minimum absolute atomic E-state index is 0.00131. The minimum Gasteiger partial charge on any atom is -0.490 e. The third-order valence-corrected chi connectivity index (χ3v) is 6.81. The number of carbonyl (C=O) groups excluding carboxylic acids is 1. The third kappa shape index (κ3) is 7.36. The van der Waals surface area contributed by atoms with Crippen molar-refractivity contribution in [3.63, 3.8) is 0 Å². The summed E-state index contributed by atoms with van der Waals surface area (Å²) in [5.74, 6) is 1.75. The fourth-order valence-electron chi connectivity index (χ4n) is 3.69. The van der Waals surface area contributed by atoms with Crippen LogP contribution in [0.25, 0.3) is 22.2 Å². The van der Waals surface area contributed by atoms with E-state index in [4.69, 9.17) is 14.4 Å². The highest BCUT2D eigenvalue weighted by molar-refractivity contribution is 7.15. The number of amides is 1. The van der Waals surface area contributed by atoms with Crippen LogP contribution < -0.4 is 15.4 Å². The molecule has 1 amide bonds. The molecule has 1 atom stereocenters. The van der Waals surface area contributed by atoms with Gasteiger partial charge in [-0.3, -0.25) is 4.79 Å².